The zero-order chi connectivity index (χ0) is 26.5. The van der Waals surface area contributed by atoms with Gasteiger partial charge in [-0.15, -0.1) is 0 Å². The summed E-state index contributed by atoms with van der Waals surface area (Å²) in [6.07, 6.45) is 4.90. The molecule has 0 spiro atoms. The highest BCUT2D eigenvalue weighted by Crippen LogP contribution is 2.31. The number of carbonyl (C=O) groups is 3. The van der Waals surface area contributed by atoms with Gasteiger partial charge in [0.25, 0.3) is 0 Å². The zero-order valence-corrected chi connectivity index (χ0v) is 22.0. The van der Waals surface area contributed by atoms with Crippen molar-refractivity contribution in [3.8, 4) is 11.1 Å². The van der Waals surface area contributed by atoms with E-state index in [0.29, 0.717) is 18.9 Å². The standard InChI is InChI=1S/C31H35N3O3/c1-20-13-14-28(36)34(19-20)30(24-11-6-5-7-12-24)31(37)33-27(15-23(4)35)25-16-26(18-32-17-25)29-21(2)9-8-10-22(29)3/h5-12,16-18,20,27,30H,13-15,19H2,1-4H3,(H,33,37)/t20?,27-,30-/m0/s1. The number of amides is 2. The van der Waals surface area contributed by atoms with E-state index in [4.69, 9.17) is 0 Å². The normalized spacial score (nSPS) is 17.2. The molecule has 1 aromatic heterocycles. The maximum absolute atomic E-state index is 13.9. The number of piperidine rings is 1. The highest BCUT2D eigenvalue weighted by atomic mass is 16.2. The molecule has 1 aliphatic heterocycles. The number of aromatic nitrogens is 1. The van der Waals surface area contributed by atoms with Crippen LogP contribution >= 0.6 is 0 Å². The Balaban J connectivity index is 1.69. The molecule has 1 unspecified atom stereocenters. The first-order chi connectivity index (χ1) is 17.7. The summed E-state index contributed by atoms with van der Waals surface area (Å²) in [6, 6.07) is 16.2. The second-order valence-corrected chi connectivity index (χ2v) is 10.2. The third kappa shape index (κ3) is 6.13. The summed E-state index contributed by atoms with van der Waals surface area (Å²) < 4.78 is 0. The van der Waals surface area contributed by atoms with E-state index >= 15 is 0 Å². The number of hydrogen-bond donors (Lipinski definition) is 1. The topological polar surface area (TPSA) is 79.4 Å². The second kappa shape index (κ2) is 11.5. The summed E-state index contributed by atoms with van der Waals surface area (Å²) in [5.41, 5.74) is 5.82. The van der Waals surface area contributed by atoms with Gasteiger partial charge in [0, 0.05) is 37.3 Å². The monoisotopic (exact) mass is 497 g/mol. The molecule has 192 valence electrons. The van der Waals surface area contributed by atoms with Gasteiger partial charge in [0.05, 0.1) is 6.04 Å². The van der Waals surface area contributed by atoms with Crippen LogP contribution in [0.4, 0.5) is 0 Å². The van der Waals surface area contributed by atoms with Crippen molar-refractivity contribution in [1.82, 2.24) is 15.2 Å². The molecule has 1 saturated heterocycles. The molecule has 0 aliphatic carbocycles. The zero-order valence-electron chi connectivity index (χ0n) is 22.0. The van der Waals surface area contributed by atoms with Crippen LogP contribution in [0.15, 0.2) is 67.0 Å². The Morgan fingerprint density at radius 1 is 1.03 bits per heavy atom. The lowest BCUT2D eigenvalue weighted by atomic mass is 9.93. The maximum Gasteiger partial charge on any atom is 0.247 e. The van der Waals surface area contributed by atoms with Crippen molar-refractivity contribution in [2.45, 2.75) is 59.0 Å². The van der Waals surface area contributed by atoms with Gasteiger partial charge >= 0.3 is 0 Å². The lowest BCUT2D eigenvalue weighted by Gasteiger charge is -2.37. The average molecular weight is 498 g/mol. The number of aryl methyl sites for hydroxylation is 2. The van der Waals surface area contributed by atoms with Gasteiger partial charge in [0.1, 0.15) is 11.8 Å². The number of nitrogens with one attached hydrogen (secondary N) is 1. The molecule has 3 atom stereocenters. The molecule has 6 heteroatoms. The summed E-state index contributed by atoms with van der Waals surface area (Å²) in [5.74, 6) is -0.0500. The number of rotatable bonds is 8. The fourth-order valence-electron chi connectivity index (χ4n) is 5.25. The van der Waals surface area contributed by atoms with Gasteiger partial charge in [0.2, 0.25) is 11.8 Å². The lowest BCUT2D eigenvalue weighted by Crippen LogP contribution is -2.48. The van der Waals surface area contributed by atoms with Crippen LogP contribution in [0, 0.1) is 19.8 Å². The van der Waals surface area contributed by atoms with Crippen molar-refractivity contribution in [1.29, 1.82) is 0 Å². The van der Waals surface area contributed by atoms with Crippen LogP contribution in [-0.4, -0.2) is 34.0 Å². The molecule has 1 aliphatic rings. The molecule has 2 aromatic carbocycles. The minimum Gasteiger partial charge on any atom is -0.347 e. The summed E-state index contributed by atoms with van der Waals surface area (Å²) >= 11 is 0. The Bertz CT molecular complexity index is 1270. The SMILES string of the molecule is CC(=O)C[C@H](NC(=O)[C@H](c1ccccc1)N1CC(C)CCC1=O)c1cncc(-c2c(C)cccc2C)c1. The highest BCUT2D eigenvalue weighted by Gasteiger charge is 2.35. The summed E-state index contributed by atoms with van der Waals surface area (Å²) in [4.78, 5) is 45.3. The van der Waals surface area contributed by atoms with Gasteiger partial charge in [-0.25, -0.2) is 0 Å². The largest absolute Gasteiger partial charge is 0.347 e. The number of hydrogen-bond acceptors (Lipinski definition) is 4. The number of benzene rings is 2. The van der Waals surface area contributed by atoms with E-state index in [1.165, 1.54) is 6.92 Å². The molecule has 1 N–H and O–H groups in total. The molecule has 3 aromatic rings. The van der Waals surface area contributed by atoms with Gasteiger partial charge in [-0.3, -0.25) is 19.4 Å². The van der Waals surface area contributed by atoms with Crippen LogP contribution in [0.2, 0.25) is 0 Å². The molecule has 2 amide bonds. The predicted octanol–water partition coefficient (Wildman–Crippen LogP) is 5.50. The molecular weight excluding hydrogens is 462 g/mol. The van der Waals surface area contributed by atoms with Crippen LogP contribution < -0.4 is 5.32 Å². The van der Waals surface area contributed by atoms with Crippen LogP contribution in [-0.2, 0) is 14.4 Å². The van der Waals surface area contributed by atoms with E-state index in [1.807, 2.05) is 48.7 Å². The summed E-state index contributed by atoms with van der Waals surface area (Å²) in [7, 11) is 0. The van der Waals surface area contributed by atoms with Gasteiger partial charge in [-0.1, -0.05) is 55.5 Å². The van der Waals surface area contributed by atoms with E-state index in [9.17, 15) is 14.4 Å². The third-order valence-corrected chi connectivity index (χ3v) is 7.09. The summed E-state index contributed by atoms with van der Waals surface area (Å²) in [6.45, 7) is 8.26. The minimum atomic E-state index is -0.763. The van der Waals surface area contributed by atoms with Crippen LogP contribution in [0.1, 0.15) is 67.4 Å². The Kier molecular flexibility index (Phi) is 8.17. The second-order valence-electron chi connectivity index (χ2n) is 10.2. The van der Waals surface area contributed by atoms with Crippen LogP contribution in [0.25, 0.3) is 11.1 Å². The molecule has 0 radical (unpaired) electrons. The first-order valence-electron chi connectivity index (χ1n) is 12.9. The molecule has 6 nitrogen and oxygen atoms in total. The molecule has 0 bridgehead atoms. The van der Waals surface area contributed by atoms with E-state index < -0.39 is 12.1 Å². The fraction of sp³-hybridized carbons (Fsp3) is 0.355. The number of ketones is 1. The summed E-state index contributed by atoms with van der Waals surface area (Å²) in [5, 5.41) is 3.11. The van der Waals surface area contributed by atoms with Crippen molar-refractivity contribution >= 4 is 17.6 Å². The fourth-order valence-corrected chi connectivity index (χ4v) is 5.25. The van der Waals surface area contributed by atoms with E-state index in [1.54, 1.807) is 11.1 Å². The lowest BCUT2D eigenvalue weighted by molar-refractivity contribution is -0.144. The van der Waals surface area contributed by atoms with Crippen LogP contribution in [0.3, 0.4) is 0 Å². The Hall–Kier alpha value is -3.80. The first-order valence-corrected chi connectivity index (χ1v) is 12.9. The number of carbonyl (C=O) groups excluding carboxylic acids is 3. The molecule has 0 saturated carbocycles. The molecular formula is C31H35N3O3. The van der Waals surface area contributed by atoms with E-state index in [2.05, 4.69) is 43.2 Å². The Labute approximate surface area is 219 Å². The third-order valence-electron chi connectivity index (χ3n) is 7.09. The van der Waals surface area contributed by atoms with Crippen LogP contribution in [0.5, 0.6) is 0 Å². The van der Waals surface area contributed by atoms with Crippen molar-refractivity contribution in [2.75, 3.05) is 6.54 Å². The number of nitrogens with zero attached hydrogens (tertiary/aromatic N) is 2. The van der Waals surface area contributed by atoms with Gasteiger partial charge in [0.15, 0.2) is 0 Å². The maximum atomic E-state index is 13.9. The number of Topliss-reactive ketones (excluding diaryl/α,β-unsaturated/α-hetero) is 1. The minimum absolute atomic E-state index is 0.0242. The molecule has 4 rings (SSSR count). The Morgan fingerprint density at radius 3 is 2.41 bits per heavy atom. The van der Waals surface area contributed by atoms with Crippen molar-refractivity contribution in [3.05, 3.63) is 89.2 Å². The van der Waals surface area contributed by atoms with Crippen molar-refractivity contribution < 1.29 is 14.4 Å². The predicted molar refractivity (Wildman–Crippen MR) is 145 cm³/mol. The quantitative estimate of drug-likeness (QED) is 0.446. The number of likely N-dealkylation sites (tertiary alicyclic amines) is 1. The number of pyridine rings is 1. The molecule has 2 heterocycles. The van der Waals surface area contributed by atoms with Gasteiger partial charge < -0.3 is 10.2 Å². The van der Waals surface area contributed by atoms with E-state index in [0.717, 1.165) is 39.8 Å². The molecule has 1 fully saturated rings. The average Bonchev–Trinajstić information content (AvgIpc) is 2.86. The van der Waals surface area contributed by atoms with Gasteiger partial charge in [-0.05, 0) is 67.0 Å². The van der Waals surface area contributed by atoms with E-state index in [-0.39, 0.29) is 24.0 Å². The Morgan fingerprint density at radius 2 is 1.73 bits per heavy atom. The van der Waals surface area contributed by atoms with Crippen molar-refractivity contribution in [2.24, 2.45) is 5.92 Å². The highest BCUT2D eigenvalue weighted by molar-refractivity contribution is 5.90. The first kappa shape index (κ1) is 26.3. The smallest absolute Gasteiger partial charge is 0.247 e. The van der Waals surface area contributed by atoms with Crippen molar-refractivity contribution in [3.63, 3.8) is 0 Å². The van der Waals surface area contributed by atoms with Gasteiger partial charge in [-0.2, -0.15) is 0 Å². The molecule has 37 heavy (non-hydrogen) atoms.